The lowest BCUT2D eigenvalue weighted by Crippen LogP contribution is -2.60. The highest BCUT2D eigenvalue weighted by Gasteiger charge is 2.34. The maximum absolute atomic E-state index is 12.2. The fraction of sp³-hybridized carbons (Fsp3) is 0.778. The smallest absolute Gasteiger partial charge is 0.308 e. The van der Waals surface area contributed by atoms with Gasteiger partial charge in [-0.1, -0.05) is 39.5 Å². The van der Waals surface area contributed by atoms with Crippen molar-refractivity contribution in [3.63, 3.8) is 0 Å². The van der Waals surface area contributed by atoms with Gasteiger partial charge in [-0.2, -0.15) is 0 Å². The summed E-state index contributed by atoms with van der Waals surface area (Å²) in [6.45, 7) is 5.35. The van der Waals surface area contributed by atoms with Gasteiger partial charge in [-0.05, 0) is 25.1 Å². The predicted octanol–water partition coefficient (Wildman–Crippen LogP) is 1.89. The average Bonchev–Trinajstić information content (AvgIpc) is 2.60. The van der Waals surface area contributed by atoms with E-state index < -0.39 is 12.0 Å². The summed E-state index contributed by atoms with van der Waals surface area (Å²) in [5.41, 5.74) is 0. The van der Waals surface area contributed by atoms with Crippen molar-refractivity contribution in [1.82, 2.24) is 15.5 Å². The summed E-state index contributed by atoms with van der Waals surface area (Å²) < 4.78 is 5.14. The SMILES string of the molecule is CCCCCCC(=O)NC(=S)N1CCNC(=O)C1CC(=O)OCCCC. The van der Waals surface area contributed by atoms with Crippen LogP contribution in [0.4, 0.5) is 0 Å². The Morgan fingerprint density at radius 1 is 1.23 bits per heavy atom. The molecule has 148 valence electrons. The van der Waals surface area contributed by atoms with Gasteiger partial charge in [0.25, 0.3) is 0 Å². The number of nitrogens with zero attached hydrogens (tertiary/aromatic N) is 1. The third-order valence-electron chi connectivity index (χ3n) is 4.22. The molecule has 1 unspecified atom stereocenters. The van der Waals surface area contributed by atoms with Crippen LogP contribution in [0.5, 0.6) is 0 Å². The summed E-state index contributed by atoms with van der Waals surface area (Å²) in [7, 11) is 0. The number of hydrogen-bond donors (Lipinski definition) is 2. The molecule has 0 aromatic rings. The van der Waals surface area contributed by atoms with Crippen LogP contribution in [0.15, 0.2) is 0 Å². The number of piperazine rings is 1. The lowest BCUT2D eigenvalue weighted by atomic mass is 10.1. The maximum Gasteiger partial charge on any atom is 0.308 e. The van der Waals surface area contributed by atoms with Gasteiger partial charge in [0, 0.05) is 19.5 Å². The van der Waals surface area contributed by atoms with Crippen molar-refractivity contribution >= 4 is 35.1 Å². The number of hydrogen-bond acceptors (Lipinski definition) is 5. The molecule has 2 amide bonds. The Labute approximate surface area is 161 Å². The van der Waals surface area contributed by atoms with Crippen LogP contribution < -0.4 is 10.6 Å². The van der Waals surface area contributed by atoms with Gasteiger partial charge >= 0.3 is 5.97 Å². The van der Waals surface area contributed by atoms with Crippen LogP contribution in [0.1, 0.15) is 65.2 Å². The van der Waals surface area contributed by atoms with E-state index in [1.807, 2.05) is 6.92 Å². The molecule has 1 aliphatic heterocycles. The lowest BCUT2D eigenvalue weighted by molar-refractivity contribution is -0.147. The fourth-order valence-electron chi connectivity index (χ4n) is 2.67. The van der Waals surface area contributed by atoms with Crippen LogP contribution >= 0.6 is 12.2 Å². The largest absolute Gasteiger partial charge is 0.466 e. The standard InChI is InChI=1S/C18H31N3O4S/c1-3-5-7-8-9-15(22)20-18(26)21-11-10-19-17(24)14(21)13-16(23)25-12-6-4-2/h14H,3-13H2,1-2H3,(H,19,24)(H,20,22,26). The topological polar surface area (TPSA) is 87.7 Å². The summed E-state index contributed by atoms with van der Waals surface area (Å²) in [4.78, 5) is 37.8. The number of rotatable bonds is 10. The predicted molar refractivity (Wildman–Crippen MR) is 103 cm³/mol. The first-order valence-electron chi connectivity index (χ1n) is 9.53. The molecule has 1 fully saturated rings. The zero-order chi connectivity index (χ0) is 19.4. The van der Waals surface area contributed by atoms with E-state index in [1.54, 1.807) is 4.90 Å². The first-order chi connectivity index (χ1) is 12.5. The average molecular weight is 386 g/mol. The van der Waals surface area contributed by atoms with Crippen molar-refractivity contribution in [1.29, 1.82) is 0 Å². The minimum atomic E-state index is -0.745. The van der Waals surface area contributed by atoms with E-state index in [0.717, 1.165) is 38.5 Å². The van der Waals surface area contributed by atoms with Gasteiger partial charge in [0.1, 0.15) is 6.04 Å². The molecule has 0 aromatic heterocycles. The zero-order valence-corrected chi connectivity index (χ0v) is 16.7. The number of carbonyl (C=O) groups is 3. The Bertz CT molecular complexity index is 499. The van der Waals surface area contributed by atoms with Crippen molar-refractivity contribution in [2.24, 2.45) is 0 Å². The Kier molecular flexibility index (Phi) is 10.8. The lowest BCUT2D eigenvalue weighted by Gasteiger charge is -2.36. The van der Waals surface area contributed by atoms with Crippen molar-refractivity contribution in [2.75, 3.05) is 19.7 Å². The number of amides is 2. The number of esters is 1. The number of thiocarbonyl (C=S) groups is 1. The van der Waals surface area contributed by atoms with E-state index in [9.17, 15) is 14.4 Å². The summed E-state index contributed by atoms with van der Waals surface area (Å²) in [6.07, 6.45) is 6.08. The Hall–Kier alpha value is -1.70. The molecule has 0 aliphatic carbocycles. The molecule has 2 N–H and O–H groups in total. The molecule has 1 aliphatic rings. The van der Waals surface area contributed by atoms with Gasteiger partial charge < -0.3 is 20.3 Å². The third kappa shape index (κ3) is 8.12. The van der Waals surface area contributed by atoms with E-state index in [0.29, 0.717) is 26.1 Å². The molecular formula is C18H31N3O4S. The summed E-state index contributed by atoms with van der Waals surface area (Å²) >= 11 is 5.30. The highest BCUT2D eigenvalue weighted by atomic mass is 32.1. The number of nitrogens with one attached hydrogen (secondary N) is 2. The van der Waals surface area contributed by atoms with Gasteiger partial charge in [0.05, 0.1) is 13.0 Å². The second-order valence-corrected chi connectivity index (χ2v) is 6.83. The van der Waals surface area contributed by atoms with Gasteiger partial charge in [-0.3, -0.25) is 14.4 Å². The van der Waals surface area contributed by atoms with Gasteiger partial charge in [-0.25, -0.2) is 0 Å². The number of ether oxygens (including phenoxy) is 1. The van der Waals surface area contributed by atoms with Gasteiger partial charge in [0.2, 0.25) is 11.8 Å². The minimum absolute atomic E-state index is 0.0813. The molecule has 0 aromatic carbocycles. The van der Waals surface area contributed by atoms with E-state index in [2.05, 4.69) is 17.6 Å². The fourth-order valence-corrected chi connectivity index (χ4v) is 3.01. The first-order valence-corrected chi connectivity index (χ1v) is 9.94. The third-order valence-corrected chi connectivity index (χ3v) is 4.55. The Balaban J connectivity index is 2.54. The molecule has 0 spiro atoms. The number of unbranched alkanes of at least 4 members (excludes halogenated alkanes) is 4. The van der Waals surface area contributed by atoms with Crippen LogP contribution in [-0.2, 0) is 19.1 Å². The molecule has 7 nitrogen and oxygen atoms in total. The van der Waals surface area contributed by atoms with Gasteiger partial charge in [-0.15, -0.1) is 0 Å². The van der Waals surface area contributed by atoms with Crippen LogP contribution in [0.3, 0.4) is 0 Å². The number of carbonyl (C=O) groups excluding carboxylic acids is 3. The van der Waals surface area contributed by atoms with Crippen LogP contribution in [-0.4, -0.2) is 53.5 Å². The Morgan fingerprint density at radius 2 is 1.96 bits per heavy atom. The van der Waals surface area contributed by atoms with Crippen molar-refractivity contribution in [2.45, 2.75) is 71.3 Å². The molecule has 0 radical (unpaired) electrons. The molecule has 8 heteroatoms. The monoisotopic (exact) mass is 385 g/mol. The molecule has 1 saturated heterocycles. The highest BCUT2D eigenvalue weighted by Crippen LogP contribution is 2.11. The van der Waals surface area contributed by atoms with Crippen LogP contribution in [0, 0.1) is 0 Å². The van der Waals surface area contributed by atoms with E-state index in [1.165, 1.54) is 0 Å². The summed E-state index contributed by atoms with van der Waals surface area (Å²) in [5.74, 6) is -0.858. The van der Waals surface area contributed by atoms with Crippen molar-refractivity contribution < 1.29 is 19.1 Å². The molecule has 1 heterocycles. The van der Waals surface area contributed by atoms with Crippen molar-refractivity contribution in [3.05, 3.63) is 0 Å². The molecule has 0 saturated carbocycles. The van der Waals surface area contributed by atoms with Gasteiger partial charge in [0.15, 0.2) is 5.11 Å². The Morgan fingerprint density at radius 3 is 2.65 bits per heavy atom. The van der Waals surface area contributed by atoms with E-state index >= 15 is 0 Å². The molecular weight excluding hydrogens is 354 g/mol. The second kappa shape index (κ2) is 12.6. The van der Waals surface area contributed by atoms with Crippen LogP contribution in [0.25, 0.3) is 0 Å². The van der Waals surface area contributed by atoms with E-state index in [4.69, 9.17) is 17.0 Å². The first kappa shape index (κ1) is 22.3. The molecule has 1 atom stereocenters. The molecule has 0 bridgehead atoms. The van der Waals surface area contributed by atoms with Crippen molar-refractivity contribution in [3.8, 4) is 0 Å². The molecule has 1 rings (SSSR count). The van der Waals surface area contributed by atoms with Crippen LogP contribution in [0.2, 0.25) is 0 Å². The summed E-state index contributed by atoms with van der Waals surface area (Å²) in [5, 5.41) is 5.62. The summed E-state index contributed by atoms with van der Waals surface area (Å²) in [6, 6.07) is -0.745. The highest BCUT2D eigenvalue weighted by molar-refractivity contribution is 7.80. The quantitative estimate of drug-likeness (QED) is 0.339. The second-order valence-electron chi connectivity index (χ2n) is 6.44. The van der Waals surface area contributed by atoms with E-state index in [-0.39, 0.29) is 23.3 Å². The normalized spacial score (nSPS) is 16.8. The zero-order valence-electron chi connectivity index (χ0n) is 15.8. The minimum Gasteiger partial charge on any atom is -0.466 e. The molecule has 26 heavy (non-hydrogen) atoms. The maximum atomic E-state index is 12.2.